The standard InChI is InChI=1S/C10H9NO.C8H6N2/c1-8(12)11-7-6-9-4-2-3-5-10(9)11;1-2-4-8-7(3-1)9-5-6-10-8/h2-7H,1H3;1-6H. The number of carbonyl (C=O) groups excluding carboxylic acids is 1. The van der Waals surface area contributed by atoms with Gasteiger partial charge in [0.05, 0.1) is 16.6 Å². The van der Waals surface area contributed by atoms with E-state index in [2.05, 4.69) is 9.97 Å². The maximum Gasteiger partial charge on any atom is 0.227 e. The Labute approximate surface area is 128 Å². The van der Waals surface area contributed by atoms with Gasteiger partial charge in [-0.1, -0.05) is 30.3 Å². The molecule has 22 heavy (non-hydrogen) atoms. The molecule has 0 spiro atoms. The van der Waals surface area contributed by atoms with E-state index < -0.39 is 0 Å². The Morgan fingerprint density at radius 2 is 1.45 bits per heavy atom. The predicted molar refractivity (Wildman–Crippen MR) is 87.8 cm³/mol. The average molecular weight is 289 g/mol. The molecule has 0 bridgehead atoms. The molecule has 0 aliphatic carbocycles. The molecule has 0 saturated heterocycles. The summed E-state index contributed by atoms with van der Waals surface area (Å²) in [6.07, 6.45) is 5.19. The maximum atomic E-state index is 11.1. The number of hydrogen-bond acceptors (Lipinski definition) is 3. The highest BCUT2D eigenvalue weighted by Crippen LogP contribution is 2.14. The van der Waals surface area contributed by atoms with Gasteiger partial charge in [-0.15, -0.1) is 0 Å². The van der Waals surface area contributed by atoms with Gasteiger partial charge in [-0.3, -0.25) is 19.3 Å². The summed E-state index contributed by atoms with van der Waals surface area (Å²) in [6, 6.07) is 17.6. The first kappa shape index (κ1) is 13.9. The summed E-state index contributed by atoms with van der Waals surface area (Å²) >= 11 is 0. The average Bonchev–Trinajstić information content (AvgIpc) is 3.00. The SMILES string of the molecule is CC(=O)n1ccc2ccccc21.c1ccc2nccnc2c1. The van der Waals surface area contributed by atoms with E-state index in [0.29, 0.717) is 0 Å². The van der Waals surface area contributed by atoms with Crippen LogP contribution in [0, 0.1) is 0 Å². The van der Waals surface area contributed by atoms with Crippen molar-refractivity contribution >= 4 is 27.8 Å². The van der Waals surface area contributed by atoms with Gasteiger partial charge in [0.1, 0.15) is 0 Å². The monoisotopic (exact) mass is 289 g/mol. The number of nitrogens with zero attached hydrogens (tertiary/aromatic N) is 3. The molecule has 0 fully saturated rings. The van der Waals surface area contributed by atoms with E-state index in [0.717, 1.165) is 21.9 Å². The normalized spacial score (nSPS) is 10.2. The third-order valence-electron chi connectivity index (χ3n) is 3.31. The Kier molecular flexibility index (Phi) is 3.92. The molecule has 0 unspecified atom stereocenters. The Morgan fingerprint density at radius 3 is 2.09 bits per heavy atom. The number of hydrogen-bond donors (Lipinski definition) is 0. The highest BCUT2D eigenvalue weighted by Gasteiger charge is 2.01. The van der Waals surface area contributed by atoms with Gasteiger partial charge in [0.25, 0.3) is 0 Å². The highest BCUT2D eigenvalue weighted by atomic mass is 16.1. The zero-order valence-corrected chi connectivity index (χ0v) is 12.2. The number of rotatable bonds is 0. The Morgan fingerprint density at radius 1 is 0.864 bits per heavy atom. The molecule has 4 aromatic rings. The fourth-order valence-electron chi connectivity index (χ4n) is 2.27. The summed E-state index contributed by atoms with van der Waals surface area (Å²) in [6.45, 7) is 1.56. The molecule has 4 nitrogen and oxygen atoms in total. The first-order chi connectivity index (χ1) is 10.8. The summed E-state index contributed by atoms with van der Waals surface area (Å²) < 4.78 is 1.65. The van der Waals surface area contributed by atoms with Crippen LogP contribution in [-0.2, 0) is 0 Å². The van der Waals surface area contributed by atoms with E-state index in [9.17, 15) is 4.79 Å². The minimum Gasteiger partial charge on any atom is -0.287 e. The van der Waals surface area contributed by atoms with Crippen LogP contribution in [0.15, 0.2) is 73.2 Å². The second-order valence-corrected chi connectivity index (χ2v) is 4.81. The van der Waals surface area contributed by atoms with Crippen molar-refractivity contribution in [2.75, 3.05) is 0 Å². The number of aromatic nitrogens is 3. The molecule has 0 aliphatic rings. The van der Waals surface area contributed by atoms with Gasteiger partial charge in [0.15, 0.2) is 0 Å². The number of carbonyl (C=O) groups is 1. The molecule has 0 amide bonds. The van der Waals surface area contributed by atoms with Crippen LogP contribution in [0.5, 0.6) is 0 Å². The molecule has 2 heterocycles. The van der Waals surface area contributed by atoms with Crippen molar-refractivity contribution in [2.45, 2.75) is 6.92 Å². The molecule has 4 heteroatoms. The third kappa shape index (κ3) is 2.86. The van der Waals surface area contributed by atoms with Crippen molar-refractivity contribution in [3.8, 4) is 0 Å². The summed E-state index contributed by atoms with van der Waals surface area (Å²) in [5, 5.41) is 1.10. The molecule has 2 aromatic heterocycles. The molecule has 0 radical (unpaired) electrons. The topological polar surface area (TPSA) is 47.8 Å². The lowest BCUT2D eigenvalue weighted by atomic mass is 10.2. The lowest BCUT2D eigenvalue weighted by Gasteiger charge is -1.97. The predicted octanol–water partition coefficient (Wildman–Crippen LogP) is 3.93. The van der Waals surface area contributed by atoms with E-state index in [4.69, 9.17) is 0 Å². The second kappa shape index (κ2) is 6.18. The van der Waals surface area contributed by atoms with E-state index in [1.165, 1.54) is 0 Å². The van der Waals surface area contributed by atoms with E-state index in [-0.39, 0.29) is 5.91 Å². The Balaban J connectivity index is 0.000000133. The zero-order chi connectivity index (χ0) is 15.4. The van der Waals surface area contributed by atoms with Crippen LogP contribution in [0.3, 0.4) is 0 Å². The van der Waals surface area contributed by atoms with E-state index in [1.54, 1.807) is 30.1 Å². The first-order valence-corrected chi connectivity index (χ1v) is 6.98. The quantitative estimate of drug-likeness (QED) is 0.493. The minimum absolute atomic E-state index is 0.0520. The molecule has 0 aliphatic heterocycles. The van der Waals surface area contributed by atoms with Crippen LogP contribution in [0.1, 0.15) is 11.7 Å². The summed E-state index contributed by atoms with van der Waals surface area (Å²) in [7, 11) is 0. The van der Waals surface area contributed by atoms with E-state index >= 15 is 0 Å². The lowest BCUT2D eigenvalue weighted by molar-refractivity contribution is 0.0941. The van der Waals surface area contributed by atoms with Crippen molar-refractivity contribution in [1.82, 2.24) is 14.5 Å². The first-order valence-electron chi connectivity index (χ1n) is 6.98. The van der Waals surface area contributed by atoms with Crippen LogP contribution in [0.25, 0.3) is 21.9 Å². The fourth-order valence-corrected chi connectivity index (χ4v) is 2.27. The van der Waals surface area contributed by atoms with E-state index in [1.807, 2.05) is 54.6 Å². The van der Waals surface area contributed by atoms with Gasteiger partial charge in [0, 0.05) is 30.9 Å². The number of para-hydroxylation sites is 3. The van der Waals surface area contributed by atoms with Gasteiger partial charge in [0.2, 0.25) is 5.91 Å². The van der Waals surface area contributed by atoms with Crippen molar-refractivity contribution in [3.05, 3.63) is 73.2 Å². The highest BCUT2D eigenvalue weighted by molar-refractivity contribution is 5.91. The van der Waals surface area contributed by atoms with Crippen molar-refractivity contribution < 1.29 is 4.79 Å². The fraction of sp³-hybridized carbons (Fsp3) is 0.0556. The molecule has 2 aromatic carbocycles. The van der Waals surface area contributed by atoms with Gasteiger partial charge < -0.3 is 0 Å². The molecule has 4 rings (SSSR count). The van der Waals surface area contributed by atoms with Gasteiger partial charge in [-0.2, -0.15) is 0 Å². The number of benzene rings is 2. The van der Waals surface area contributed by atoms with Crippen LogP contribution >= 0.6 is 0 Å². The van der Waals surface area contributed by atoms with Crippen molar-refractivity contribution in [1.29, 1.82) is 0 Å². The van der Waals surface area contributed by atoms with Gasteiger partial charge in [-0.05, 0) is 24.3 Å². The molecule has 0 N–H and O–H groups in total. The molecular weight excluding hydrogens is 274 g/mol. The van der Waals surface area contributed by atoms with Crippen LogP contribution < -0.4 is 0 Å². The zero-order valence-electron chi connectivity index (χ0n) is 12.2. The molecule has 108 valence electrons. The lowest BCUT2D eigenvalue weighted by Crippen LogP contribution is -2.02. The maximum absolute atomic E-state index is 11.1. The third-order valence-corrected chi connectivity index (χ3v) is 3.31. The smallest absolute Gasteiger partial charge is 0.227 e. The summed E-state index contributed by atoms with van der Waals surface area (Å²) in [4.78, 5) is 19.3. The van der Waals surface area contributed by atoms with Crippen LogP contribution in [0.4, 0.5) is 0 Å². The van der Waals surface area contributed by atoms with Crippen LogP contribution in [0.2, 0.25) is 0 Å². The van der Waals surface area contributed by atoms with Crippen molar-refractivity contribution in [3.63, 3.8) is 0 Å². The van der Waals surface area contributed by atoms with Gasteiger partial charge in [-0.25, -0.2) is 0 Å². The molecular formula is C18H15N3O. The number of fused-ring (bicyclic) bond motifs is 2. The summed E-state index contributed by atoms with van der Waals surface area (Å²) in [5.74, 6) is 0.0520. The van der Waals surface area contributed by atoms with Crippen molar-refractivity contribution in [2.24, 2.45) is 0 Å². The molecule has 0 saturated carbocycles. The minimum atomic E-state index is 0.0520. The van der Waals surface area contributed by atoms with Gasteiger partial charge >= 0.3 is 0 Å². The largest absolute Gasteiger partial charge is 0.287 e. The Bertz CT molecular complexity index is 862. The molecule has 0 atom stereocenters. The second-order valence-electron chi connectivity index (χ2n) is 4.81. The Hall–Kier alpha value is -3.01. The van der Waals surface area contributed by atoms with Crippen LogP contribution in [-0.4, -0.2) is 20.4 Å². The summed E-state index contributed by atoms with van der Waals surface area (Å²) in [5.41, 5.74) is 2.88.